The Labute approximate surface area is 202 Å². The molecule has 3 heterocycles. The number of hydrogen-bond donors (Lipinski definition) is 1. The number of H-pyrrole nitrogens is 1. The summed E-state index contributed by atoms with van der Waals surface area (Å²) in [5, 5.41) is 5.40. The van der Waals surface area contributed by atoms with E-state index in [2.05, 4.69) is 32.2 Å². The number of rotatable bonds is 9. The summed E-state index contributed by atoms with van der Waals surface area (Å²) in [5.74, 6) is 0.883. The molecule has 2 aromatic carbocycles. The average molecular weight is 472 g/mol. The van der Waals surface area contributed by atoms with Crippen LogP contribution in [-0.4, -0.2) is 39.6 Å². The third-order valence-electron chi connectivity index (χ3n) is 5.49. The average Bonchev–Trinajstić information content (AvgIpc) is 3.35. The van der Waals surface area contributed by atoms with Crippen LogP contribution < -0.4 is 10.1 Å². The number of unbranched alkanes of at least 4 members (excludes halogenated alkanes) is 1. The van der Waals surface area contributed by atoms with E-state index in [9.17, 15) is 4.79 Å². The van der Waals surface area contributed by atoms with Gasteiger partial charge in [-0.05, 0) is 17.7 Å². The molecule has 10 heteroatoms. The first-order chi connectivity index (χ1) is 16.7. The fourth-order valence-electron chi connectivity index (χ4n) is 3.62. The van der Waals surface area contributed by atoms with Gasteiger partial charge in [0.15, 0.2) is 5.65 Å². The van der Waals surface area contributed by atoms with E-state index in [1.165, 1.54) is 6.33 Å². The highest BCUT2D eigenvalue weighted by atomic mass is 32.2. The Kier molecular flexibility index (Phi) is 6.78. The quantitative estimate of drug-likeness (QED) is 0.168. The normalized spacial score (nSPS) is 13.0. The molecule has 1 N–H and O–H groups in total. The van der Waals surface area contributed by atoms with E-state index in [1.54, 1.807) is 24.2 Å². The molecule has 0 bridgehead atoms. The molecule has 172 valence electrons. The molecule has 0 radical (unpaired) electrons. The van der Waals surface area contributed by atoms with Gasteiger partial charge >= 0.3 is 13.1 Å². The maximum absolute atomic E-state index is 12.5. The molecule has 0 unspecified atom stereocenters. The first-order valence-corrected chi connectivity index (χ1v) is 12.2. The SMILES string of the molecule is CCCC[N-]Cc1ccc2c(c1)OB(c1ccc(CSc3ncnc4nc[nH]c34)cc1)OC2=O. The van der Waals surface area contributed by atoms with Crippen LogP contribution in [0.1, 0.15) is 41.3 Å². The molecule has 8 nitrogen and oxygen atoms in total. The fourth-order valence-corrected chi connectivity index (χ4v) is 4.53. The van der Waals surface area contributed by atoms with E-state index in [4.69, 9.17) is 9.31 Å². The molecule has 1 aliphatic heterocycles. The minimum Gasteiger partial charge on any atom is -0.658 e. The number of hydrogen-bond acceptors (Lipinski definition) is 7. The molecule has 0 amide bonds. The van der Waals surface area contributed by atoms with Gasteiger partial charge in [0.2, 0.25) is 0 Å². The summed E-state index contributed by atoms with van der Waals surface area (Å²) in [6, 6.07) is 13.4. The lowest BCUT2D eigenvalue weighted by Crippen LogP contribution is -2.44. The summed E-state index contributed by atoms with van der Waals surface area (Å²) in [4.78, 5) is 28.3. The topological polar surface area (TPSA) is 104 Å². The van der Waals surface area contributed by atoms with Crippen molar-refractivity contribution in [2.75, 3.05) is 6.54 Å². The molecule has 0 saturated heterocycles. The Morgan fingerprint density at radius 2 is 1.91 bits per heavy atom. The van der Waals surface area contributed by atoms with Gasteiger partial charge in [-0.1, -0.05) is 67.4 Å². The van der Waals surface area contributed by atoms with Gasteiger partial charge in [-0.15, -0.1) is 13.1 Å². The van der Waals surface area contributed by atoms with Crippen LogP contribution in [0.2, 0.25) is 0 Å². The smallest absolute Gasteiger partial charge is 0.634 e. The fraction of sp³-hybridized carbons (Fsp3) is 0.250. The summed E-state index contributed by atoms with van der Waals surface area (Å²) in [7, 11) is -0.777. The molecule has 34 heavy (non-hydrogen) atoms. The van der Waals surface area contributed by atoms with E-state index in [-0.39, 0.29) is 5.97 Å². The van der Waals surface area contributed by atoms with E-state index >= 15 is 0 Å². The second-order valence-electron chi connectivity index (χ2n) is 7.95. The van der Waals surface area contributed by atoms with Crippen molar-refractivity contribution in [1.29, 1.82) is 0 Å². The maximum atomic E-state index is 12.5. The standard InChI is InChI=1S/C24H23BN5O3S/c1-2-3-10-26-12-17-6-9-19-20(11-17)32-25(33-24(19)31)18-7-4-16(5-8-18)13-34-23-21-22(28-14-27-21)29-15-30-23/h4-9,11,14-15H,2-3,10,12-13H2,1H3,(H,27,28,29,30)/q-1. The van der Waals surface area contributed by atoms with Gasteiger partial charge in [0, 0.05) is 11.2 Å². The molecule has 1 aliphatic rings. The lowest BCUT2D eigenvalue weighted by atomic mass is 9.77. The monoisotopic (exact) mass is 472 g/mol. The van der Waals surface area contributed by atoms with Crippen LogP contribution in [0.3, 0.4) is 0 Å². The molecule has 0 spiro atoms. The number of benzene rings is 2. The first-order valence-electron chi connectivity index (χ1n) is 11.2. The number of carbonyl (C=O) groups excluding carboxylic acids is 1. The molecule has 2 aromatic heterocycles. The summed E-state index contributed by atoms with van der Waals surface area (Å²) >= 11 is 1.60. The highest BCUT2D eigenvalue weighted by Gasteiger charge is 2.35. The van der Waals surface area contributed by atoms with Gasteiger partial charge in [0.1, 0.15) is 22.6 Å². The van der Waals surface area contributed by atoms with Gasteiger partial charge < -0.3 is 19.6 Å². The number of fused-ring (bicyclic) bond motifs is 2. The third kappa shape index (κ3) is 4.93. The van der Waals surface area contributed by atoms with Crippen molar-refractivity contribution < 1.29 is 14.1 Å². The van der Waals surface area contributed by atoms with Crippen LogP contribution >= 0.6 is 11.8 Å². The number of thioether (sulfide) groups is 1. The van der Waals surface area contributed by atoms with Gasteiger partial charge in [-0.25, -0.2) is 19.7 Å². The number of nitrogens with one attached hydrogen (secondary N) is 1. The number of imidazole rings is 1. The van der Waals surface area contributed by atoms with E-state index in [0.29, 0.717) is 23.5 Å². The van der Waals surface area contributed by atoms with Gasteiger partial charge in [0.05, 0.1) is 11.9 Å². The van der Waals surface area contributed by atoms with Gasteiger partial charge in [-0.3, -0.25) is 0 Å². The molecule has 0 atom stereocenters. The van der Waals surface area contributed by atoms with Crippen molar-refractivity contribution in [3.05, 3.63) is 77.1 Å². The minimum atomic E-state index is -0.777. The molecular weight excluding hydrogens is 449 g/mol. The van der Waals surface area contributed by atoms with Crippen molar-refractivity contribution in [2.24, 2.45) is 0 Å². The number of aromatic nitrogens is 4. The van der Waals surface area contributed by atoms with E-state index in [0.717, 1.165) is 52.3 Å². The molecule has 5 rings (SSSR count). The maximum Gasteiger partial charge on any atom is 0.634 e. The molecular formula is C24H23BN5O3S-. The number of carbonyl (C=O) groups is 1. The second kappa shape index (κ2) is 10.3. The second-order valence-corrected chi connectivity index (χ2v) is 8.92. The zero-order chi connectivity index (χ0) is 23.3. The Hall–Kier alpha value is -3.37. The molecule has 0 fully saturated rings. The van der Waals surface area contributed by atoms with E-state index < -0.39 is 7.12 Å². The number of nitrogens with zero attached hydrogens (tertiary/aromatic N) is 4. The first kappa shape index (κ1) is 22.4. The summed E-state index contributed by atoms with van der Waals surface area (Å²) in [6.07, 6.45) is 5.34. The van der Waals surface area contributed by atoms with E-state index in [1.807, 2.05) is 36.4 Å². The highest BCUT2D eigenvalue weighted by Crippen LogP contribution is 2.28. The van der Waals surface area contributed by atoms with Crippen molar-refractivity contribution in [2.45, 2.75) is 37.1 Å². The van der Waals surface area contributed by atoms with Crippen molar-refractivity contribution in [3.8, 4) is 5.75 Å². The minimum absolute atomic E-state index is 0.382. The largest absolute Gasteiger partial charge is 0.658 e. The van der Waals surface area contributed by atoms with Gasteiger partial charge in [-0.2, -0.15) is 0 Å². The van der Waals surface area contributed by atoms with Crippen LogP contribution in [0.15, 0.2) is 60.1 Å². The zero-order valence-corrected chi connectivity index (χ0v) is 19.5. The van der Waals surface area contributed by atoms with Crippen LogP contribution in [0.4, 0.5) is 0 Å². The number of aromatic amines is 1. The Balaban J connectivity index is 1.24. The Morgan fingerprint density at radius 3 is 2.76 bits per heavy atom. The van der Waals surface area contributed by atoms with Crippen molar-refractivity contribution >= 4 is 41.5 Å². The lowest BCUT2D eigenvalue weighted by Gasteiger charge is -2.25. The van der Waals surface area contributed by atoms with Crippen molar-refractivity contribution in [3.63, 3.8) is 0 Å². The predicted octanol–water partition coefficient (Wildman–Crippen LogP) is 4.26. The Morgan fingerprint density at radius 1 is 1.06 bits per heavy atom. The summed E-state index contributed by atoms with van der Waals surface area (Å²) in [5.41, 5.74) is 4.84. The molecule has 0 aliphatic carbocycles. The van der Waals surface area contributed by atoms with Gasteiger partial charge in [0.25, 0.3) is 0 Å². The van der Waals surface area contributed by atoms with Crippen molar-refractivity contribution in [1.82, 2.24) is 19.9 Å². The van der Waals surface area contributed by atoms with Crippen LogP contribution in [-0.2, 0) is 17.0 Å². The Bertz CT molecular complexity index is 1300. The third-order valence-corrected chi connectivity index (χ3v) is 6.55. The highest BCUT2D eigenvalue weighted by molar-refractivity contribution is 7.98. The zero-order valence-electron chi connectivity index (χ0n) is 18.7. The summed E-state index contributed by atoms with van der Waals surface area (Å²) < 4.78 is 11.6. The van der Waals surface area contributed by atoms with Crippen LogP contribution in [0.25, 0.3) is 16.5 Å². The molecule has 4 aromatic rings. The predicted molar refractivity (Wildman–Crippen MR) is 132 cm³/mol. The van der Waals surface area contributed by atoms with Crippen LogP contribution in [0, 0.1) is 0 Å². The van der Waals surface area contributed by atoms with Crippen LogP contribution in [0.5, 0.6) is 5.75 Å². The lowest BCUT2D eigenvalue weighted by molar-refractivity contribution is 0.0687. The molecule has 0 saturated carbocycles. The summed E-state index contributed by atoms with van der Waals surface area (Å²) in [6.45, 7) is 3.60.